The normalized spacial score (nSPS) is 9.27. The molecule has 26 heavy (non-hydrogen) atoms. The number of hydrogen-bond acceptors (Lipinski definition) is 3. The van der Waals surface area contributed by atoms with Crippen molar-refractivity contribution in [3.63, 3.8) is 0 Å². The predicted octanol–water partition coefficient (Wildman–Crippen LogP) is 4.10. The van der Waals surface area contributed by atoms with Crippen LogP contribution in [0.5, 0.6) is 0 Å². The van der Waals surface area contributed by atoms with E-state index in [0.29, 0.717) is 6.42 Å². The molecular weight excluding hydrogens is 328 g/mol. The molecule has 0 radical (unpaired) electrons. The van der Waals surface area contributed by atoms with E-state index in [1.807, 2.05) is 0 Å². The third-order valence-electron chi connectivity index (χ3n) is 3.54. The van der Waals surface area contributed by atoms with E-state index in [4.69, 9.17) is 5.11 Å². The van der Waals surface area contributed by atoms with E-state index in [1.165, 1.54) is 51.4 Å². The molecule has 0 unspecified atom stereocenters. The molecule has 0 saturated carbocycles. The van der Waals surface area contributed by atoms with E-state index in [-0.39, 0.29) is 0 Å². The van der Waals surface area contributed by atoms with Gasteiger partial charge in [0.05, 0.1) is 7.11 Å². The number of hydrogen-bond donors (Lipinski definition) is 1. The number of carboxylic acids is 1. The van der Waals surface area contributed by atoms with Gasteiger partial charge in [-0.25, -0.2) is 4.79 Å². The number of allylic oxidation sites excluding steroid dienone is 1. The van der Waals surface area contributed by atoms with Crippen molar-refractivity contribution in [3.8, 4) is 35.5 Å². The average molecular weight is 356 g/mol. The first-order valence-electron chi connectivity index (χ1n) is 9.11. The van der Waals surface area contributed by atoms with Crippen molar-refractivity contribution in [2.45, 2.75) is 70.6 Å². The monoisotopic (exact) mass is 356 g/mol. The fourth-order valence-electron chi connectivity index (χ4n) is 2.15. The zero-order chi connectivity index (χ0) is 19.3. The zero-order valence-electron chi connectivity index (χ0n) is 15.6. The molecule has 0 aromatic heterocycles. The minimum atomic E-state index is -0.695. The first-order valence-corrected chi connectivity index (χ1v) is 9.11. The number of unbranched alkanes of at least 4 members (excludes halogenated alkanes) is 9. The van der Waals surface area contributed by atoms with E-state index in [9.17, 15) is 9.59 Å². The Bertz CT molecular complexity index is 612. The van der Waals surface area contributed by atoms with Crippen LogP contribution >= 0.6 is 0 Å². The molecule has 0 amide bonds. The molecular formula is C22H28O4. The van der Waals surface area contributed by atoms with Crippen molar-refractivity contribution in [3.05, 3.63) is 12.2 Å². The summed E-state index contributed by atoms with van der Waals surface area (Å²) >= 11 is 0. The van der Waals surface area contributed by atoms with Gasteiger partial charge in [-0.2, -0.15) is 0 Å². The van der Waals surface area contributed by atoms with Crippen molar-refractivity contribution in [2.75, 3.05) is 7.11 Å². The summed E-state index contributed by atoms with van der Waals surface area (Å²) < 4.78 is 4.42. The van der Waals surface area contributed by atoms with Gasteiger partial charge in [0, 0.05) is 18.9 Å². The third-order valence-corrected chi connectivity index (χ3v) is 3.54. The van der Waals surface area contributed by atoms with Crippen LogP contribution < -0.4 is 0 Å². The molecule has 0 atom stereocenters. The molecule has 0 bridgehead atoms. The Hall–Kier alpha value is -2.64. The molecule has 4 heteroatoms. The first-order chi connectivity index (χ1) is 12.7. The van der Waals surface area contributed by atoms with Gasteiger partial charge in [0.2, 0.25) is 0 Å². The van der Waals surface area contributed by atoms with Gasteiger partial charge >= 0.3 is 11.9 Å². The number of rotatable bonds is 12. The number of esters is 1. The van der Waals surface area contributed by atoms with Gasteiger partial charge in [0.15, 0.2) is 0 Å². The molecule has 0 aliphatic carbocycles. The fraction of sp³-hybridized carbons (Fsp3) is 0.545. The summed E-state index contributed by atoms with van der Waals surface area (Å²) in [5, 5.41) is 8.53. The minimum absolute atomic E-state index is 0.296. The summed E-state index contributed by atoms with van der Waals surface area (Å²) in [6, 6.07) is 0. The fourth-order valence-corrected chi connectivity index (χ4v) is 2.15. The summed E-state index contributed by atoms with van der Waals surface area (Å²) in [5.41, 5.74) is 0. The van der Waals surface area contributed by atoms with Crippen LogP contribution in [0.4, 0.5) is 0 Å². The third kappa shape index (κ3) is 19.4. The molecule has 0 aliphatic rings. The van der Waals surface area contributed by atoms with Crippen LogP contribution in [0.15, 0.2) is 12.2 Å². The molecule has 0 rings (SSSR count). The Morgan fingerprint density at radius 1 is 0.846 bits per heavy atom. The highest BCUT2D eigenvalue weighted by atomic mass is 16.5. The number of carbonyl (C=O) groups excluding carboxylic acids is 1. The quantitative estimate of drug-likeness (QED) is 0.247. The topological polar surface area (TPSA) is 63.6 Å². The lowest BCUT2D eigenvalue weighted by Gasteiger charge is -2.01. The minimum Gasteiger partial charge on any atom is -0.481 e. The summed E-state index contributed by atoms with van der Waals surface area (Å²) in [6.07, 6.45) is 13.9. The van der Waals surface area contributed by atoms with Crippen molar-refractivity contribution in [2.24, 2.45) is 0 Å². The van der Waals surface area contributed by atoms with Crippen LogP contribution in [0.25, 0.3) is 0 Å². The molecule has 0 aliphatic heterocycles. The average Bonchev–Trinajstić information content (AvgIpc) is 2.63. The zero-order valence-corrected chi connectivity index (χ0v) is 15.6. The number of aliphatic carboxylic acids is 1. The summed E-state index contributed by atoms with van der Waals surface area (Å²) in [4.78, 5) is 21.1. The van der Waals surface area contributed by atoms with E-state index >= 15 is 0 Å². The summed E-state index contributed by atoms with van der Waals surface area (Å²) in [5.74, 6) is 15.1. The van der Waals surface area contributed by atoms with Gasteiger partial charge in [-0.1, -0.05) is 56.8 Å². The number of ether oxygens (including phenoxy) is 1. The SMILES string of the molecule is COC(=O)/C=C\C#CC#CC#CCCCCCCCCCCCC(=O)O. The van der Waals surface area contributed by atoms with E-state index in [0.717, 1.165) is 32.1 Å². The number of methoxy groups -OCH3 is 1. The number of carbonyl (C=O) groups is 2. The van der Waals surface area contributed by atoms with Crippen LogP contribution in [-0.2, 0) is 14.3 Å². The summed E-state index contributed by atoms with van der Waals surface area (Å²) in [6.45, 7) is 0. The van der Waals surface area contributed by atoms with Crippen molar-refractivity contribution in [1.82, 2.24) is 0 Å². The second kappa shape index (κ2) is 18.7. The molecule has 0 heterocycles. The molecule has 1 N–H and O–H groups in total. The van der Waals surface area contributed by atoms with E-state index < -0.39 is 11.9 Å². The molecule has 0 aromatic carbocycles. The second-order valence-electron chi connectivity index (χ2n) is 5.75. The Kier molecular flexibility index (Phi) is 16.8. The predicted molar refractivity (Wildman–Crippen MR) is 103 cm³/mol. The first kappa shape index (κ1) is 23.4. The molecule has 4 nitrogen and oxygen atoms in total. The maximum absolute atomic E-state index is 10.8. The van der Waals surface area contributed by atoms with E-state index in [1.54, 1.807) is 0 Å². The van der Waals surface area contributed by atoms with Gasteiger partial charge in [-0.15, -0.1) is 0 Å². The molecule has 0 saturated heterocycles. The van der Waals surface area contributed by atoms with Crippen LogP contribution in [0.2, 0.25) is 0 Å². The lowest BCUT2D eigenvalue weighted by molar-refractivity contribution is -0.137. The smallest absolute Gasteiger partial charge is 0.331 e. The summed E-state index contributed by atoms with van der Waals surface area (Å²) in [7, 11) is 1.31. The molecule has 0 aromatic rings. The Labute approximate surface area is 157 Å². The maximum atomic E-state index is 10.8. The van der Waals surface area contributed by atoms with Gasteiger partial charge in [0.25, 0.3) is 0 Å². The van der Waals surface area contributed by atoms with Gasteiger partial charge in [-0.05, 0) is 42.6 Å². The van der Waals surface area contributed by atoms with Gasteiger partial charge in [0.1, 0.15) is 0 Å². The number of carboxylic acid groups (broad SMARTS) is 1. The maximum Gasteiger partial charge on any atom is 0.331 e. The second-order valence-corrected chi connectivity index (χ2v) is 5.75. The Morgan fingerprint density at radius 3 is 2.04 bits per heavy atom. The highest BCUT2D eigenvalue weighted by molar-refractivity contribution is 5.82. The standard InChI is InChI=1S/C22H28O4/c1-26-22(25)20-18-16-14-12-10-8-6-4-2-3-5-7-9-11-13-15-17-19-21(23)24/h18,20H,2-5,7,9,11,13,15,17,19H2,1H3,(H,23,24)/b20-18-. The highest BCUT2D eigenvalue weighted by Crippen LogP contribution is 2.11. The lowest BCUT2D eigenvalue weighted by Crippen LogP contribution is -1.93. The lowest BCUT2D eigenvalue weighted by atomic mass is 10.1. The van der Waals surface area contributed by atoms with Crippen LogP contribution in [0.3, 0.4) is 0 Å². The largest absolute Gasteiger partial charge is 0.481 e. The van der Waals surface area contributed by atoms with Crippen LogP contribution in [0, 0.1) is 35.5 Å². The Morgan fingerprint density at radius 2 is 1.42 bits per heavy atom. The molecule has 140 valence electrons. The molecule has 0 fully saturated rings. The van der Waals surface area contributed by atoms with Crippen LogP contribution in [-0.4, -0.2) is 24.2 Å². The van der Waals surface area contributed by atoms with Gasteiger partial charge in [-0.3, -0.25) is 4.79 Å². The Balaban J connectivity index is 3.47. The van der Waals surface area contributed by atoms with Crippen LogP contribution in [0.1, 0.15) is 70.6 Å². The molecule has 0 spiro atoms. The van der Waals surface area contributed by atoms with Crippen molar-refractivity contribution < 1.29 is 19.4 Å². The van der Waals surface area contributed by atoms with E-state index in [2.05, 4.69) is 40.3 Å². The van der Waals surface area contributed by atoms with Gasteiger partial charge < -0.3 is 9.84 Å². The van der Waals surface area contributed by atoms with Crippen molar-refractivity contribution >= 4 is 11.9 Å². The highest BCUT2D eigenvalue weighted by Gasteiger charge is 1.96. The van der Waals surface area contributed by atoms with Crippen molar-refractivity contribution in [1.29, 1.82) is 0 Å².